The van der Waals surface area contributed by atoms with Crippen molar-refractivity contribution in [3.63, 3.8) is 0 Å². The lowest BCUT2D eigenvalue weighted by molar-refractivity contribution is -0.127. The molecule has 180 valence electrons. The highest BCUT2D eigenvalue weighted by Gasteiger charge is 2.74. The van der Waals surface area contributed by atoms with Crippen molar-refractivity contribution in [3.05, 3.63) is 94.5 Å². The van der Waals surface area contributed by atoms with Crippen molar-refractivity contribution in [2.24, 2.45) is 11.8 Å². The maximum atomic E-state index is 13.9. The minimum Gasteiger partial charge on any atom is -0.494 e. The van der Waals surface area contributed by atoms with Gasteiger partial charge in [0.1, 0.15) is 5.75 Å². The summed E-state index contributed by atoms with van der Waals surface area (Å²) in [6.45, 7) is 2.32. The van der Waals surface area contributed by atoms with Crippen LogP contribution in [0.3, 0.4) is 0 Å². The van der Waals surface area contributed by atoms with Gasteiger partial charge in [-0.15, -0.1) is 0 Å². The van der Waals surface area contributed by atoms with Crippen LogP contribution in [0.5, 0.6) is 5.75 Å². The van der Waals surface area contributed by atoms with Gasteiger partial charge in [0.25, 0.3) is 0 Å². The van der Waals surface area contributed by atoms with Gasteiger partial charge < -0.3 is 9.47 Å². The van der Waals surface area contributed by atoms with Crippen LogP contribution in [0.25, 0.3) is 0 Å². The molecule has 1 aliphatic carbocycles. The Balaban J connectivity index is 1.49. The number of hydrogen-bond donors (Lipinski definition) is 0. The van der Waals surface area contributed by atoms with Gasteiger partial charge in [-0.05, 0) is 48.9 Å². The topological polar surface area (TPSA) is 90.0 Å². The summed E-state index contributed by atoms with van der Waals surface area (Å²) >= 11 is 6.06. The number of fused-ring (bicyclic) bond motifs is 3. The average Bonchev–Trinajstić information content (AvgIpc) is 3.45. The Morgan fingerprint density at radius 2 is 1.47 bits per heavy atom. The number of carbonyl (C=O) groups is 4. The van der Waals surface area contributed by atoms with Gasteiger partial charge in [0, 0.05) is 16.1 Å². The highest BCUT2D eigenvalue weighted by Crippen LogP contribution is 2.57. The minimum atomic E-state index is -2.11. The molecule has 3 aromatic rings. The summed E-state index contributed by atoms with van der Waals surface area (Å²) in [5, 5.41) is 0.480. The number of nitrogens with zero attached hydrogens (tertiary/aromatic N) is 1. The van der Waals surface area contributed by atoms with Crippen LogP contribution in [-0.4, -0.2) is 35.6 Å². The van der Waals surface area contributed by atoms with E-state index in [1.54, 1.807) is 72.8 Å². The molecule has 3 aliphatic rings. The predicted molar refractivity (Wildman–Crippen MR) is 130 cm³/mol. The summed E-state index contributed by atoms with van der Waals surface area (Å²) in [6, 6.07) is 19.6. The molecule has 2 heterocycles. The Bertz CT molecular complexity index is 1400. The van der Waals surface area contributed by atoms with Crippen molar-refractivity contribution in [1.82, 2.24) is 0 Å². The van der Waals surface area contributed by atoms with E-state index in [-0.39, 0.29) is 11.1 Å². The van der Waals surface area contributed by atoms with E-state index in [0.29, 0.717) is 28.6 Å². The molecule has 36 heavy (non-hydrogen) atoms. The van der Waals surface area contributed by atoms with Crippen LogP contribution in [0.1, 0.15) is 39.3 Å². The molecule has 0 radical (unpaired) electrons. The number of rotatable bonds is 4. The molecule has 0 N–H and O–H groups in total. The van der Waals surface area contributed by atoms with Crippen LogP contribution >= 0.6 is 11.6 Å². The van der Waals surface area contributed by atoms with Crippen molar-refractivity contribution in [1.29, 1.82) is 0 Å². The summed E-state index contributed by atoms with van der Waals surface area (Å²) in [5.74, 6) is -4.12. The lowest BCUT2D eigenvalue weighted by Gasteiger charge is -2.27. The van der Waals surface area contributed by atoms with Crippen LogP contribution in [0.15, 0.2) is 72.8 Å². The smallest absolute Gasteiger partial charge is 0.241 e. The van der Waals surface area contributed by atoms with E-state index in [0.717, 1.165) is 4.90 Å². The third kappa shape index (κ3) is 2.96. The summed E-state index contributed by atoms with van der Waals surface area (Å²) in [5.41, 5.74) is -0.831. The van der Waals surface area contributed by atoms with Gasteiger partial charge in [-0.2, -0.15) is 0 Å². The van der Waals surface area contributed by atoms with E-state index in [2.05, 4.69) is 0 Å². The number of imide groups is 1. The molecule has 8 heteroatoms. The zero-order valence-corrected chi connectivity index (χ0v) is 19.9. The van der Waals surface area contributed by atoms with E-state index in [4.69, 9.17) is 21.1 Å². The number of carbonyl (C=O) groups excluding carboxylic acids is 4. The highest BCUT2D eigenvalue weighted by molar-refractivity contribution is 6.37. The van der Waals surface area contributed by atoms with Crippen LogP contribution in [0.2, 0.25) is 5.02 Å². The molecule has 3 aromatic carbocycles. The second-order valence-corrected chi connectivity index (χ2v) is 9.41. The third-order valence-corrected chi connectivity index (χ3v) is 7.38. The molecule has 3 atom stereocenters. The first-order chi connectivity index (χ1) is 17.4. The van der Waals surface area contributed by atoms with Gasteiger partial charge in [-0.3, -0.25) is 19.2 Å². The molecule has 2 aliphatic heterocycles. The van der Waals surface area contributed by atoms with Gasteiger partial charge in [0.05, 0.1) is 30.2 Å². The van der Waals surface area contributed by atoms with Crippen LogP contribution in [-0.2, 0) is 14.3 Å². The van der Waals surface area contributed by atoms with Crippen molar-refractivity contribution in [2.75, 3.05) is 11.5 Å². The molecule has 1 spiro atoms. The number of ketones is 2. The number of hydrogen-bond acceptors (Lipinski definition) is 6. The van der Waals surface area contributed by atoms with Gasteiger partial charge in [0.2, 0.25) is 29.0 Å². The summed E-state index contributed by atoms with van der Waals surface area (Å²) < 4.78 is 11.7. The van der Waals surface area contributed by atoms with Crippen LogP contribution < -0.4 is 9.64 Å². The summed E-state index contributed by atoms with van der Waals surface area (Å²) in [4.78, 5) is 56.3. The number of ether oxygens (including phenoxy) is 2. The van der Waals surface area contributed by atoms with E-state index in [1.165, 1.54) is 0 Å². The fourth-order valence-corrected chi connectivity index (χ4v) is 5.71. The molecule has 6 rings (SSSR count). The third-order valence-electron chi connectivity index (χ3n) is 7.12. The first-order valence-electron chi connectivity index (χ1n) is 11.6. The average molecular weight is 502 g/mol. The number of anilines is 1. The Kier molecular flexibility index (Phi) is 5.10. The molecule has 2 saturated heterocycles. The normalized spacial score (nSPS) is 23.9. The maximum absolute atomic E-state index is 13.9. The van der Waals surface area contributed by atoms with Gasteiger partial charge in [-0.1, -0.05) is 48.0 Å². The van der Waals surface area contributed by atoms with Crippen LogP contribution in [0.4, 0.5) is 5.69 Å². The van der Waals surface area contributed by atoms with Crippen molar-refractivity contribution < 1.29 is 28.7 Å². The quantitative estimate of drug-likeness (QED) is 0.388. The van der Waals surface area contributed by atoms with Gasteiger partial charge >= 0.3 is 0 Å². The monoisotopic (exact) mass is 501 g/mol. The number of Topliss-reactive ketones (excluding diaryl/α,β-unsaturated/α-hetero) is 2. The molecule has 0 aromatic heterocycles. The Morgan fingerprint density at radius 1 is 0.861 bits per heavy atom. The first-order valence-corrected chi connectivity index (χ1v) is 12.0. The fraction of sp³-hybridized carbons (Fsp3) is 0.214. The minimum absolute atomic E-state index is 0.192. The Morgan fingerprint density at radius 3 is 2.06 bits per heavy atom. The van der Waals surface area contributed by atoms with Crippen LogP contribution in [0, 0.1) is 11.8 Å². The van der Waals surface area contributed by atoms with Crippen molar-refractivity contribution in [2.45, 2.75) is 18.6 Å². The summed E-state index contributed by atoms with van der Waals surface area (Å²) in [7, 11) is 0. The van der Waals surface area contributed by atoms with E-state index < -0.39 is 46.9 Å². The lowest BCUT2D eigenvalue weighted by Crippen LogP contribution is -2.51. The lowest BCUT2D eigenvalue weighted by atomic mass is 9.77. The zero-order valence-electron chi connectivity index (χ0n) is 19.1. The molecule has 2 amide bonds. The number of benzene rings is 3. The maximum Gasteiger partial charge on any atom is 0.241 e. The fourth-order valence-electron chi connectivity index (χ4n) is 5.58. The highest BCUT2D eigenvalue weighted by atomic mass is 35.5. The molecule has 0 bridgehead atoms. The van der Waals surface area contributed by atoms with E-state index in [9.17, 15) is 19.2 Å². The molecular weight excluding hydrogens is 482 g/mol. The molecule has 7 nitrogen and oxygen atoms in total. The molecule has 0 unspecified atom stereocenters. The standard InChI is InChI=1S/C28H20ClNO6/c1-2-35-18-13-11-17(12-14-18)30-26(33)21-22(27(30)34)28(36-23(21)15-7-9-16(29)10-8-15)24(31)19-5-3-4-6-20(19)25(28)32/h3-14,21-23H,2H2,1H3/t21-,22+,23+/m1/s1. The van der Waals surface area contributed by atoms with Gasteiger partial charge in [0.15, 0.2) is 0 Å². The van der Waals surface area contributed by atoms with Crippen molar-refractivity contribution in [3.8, 4) is 5.75 Å². The predicted octanol–water partition coefficient (Wildman–Crippen LogP) is 4.43. The van der Waals surface area contributed by atoms with Crippen molar-refractivity contribution >= 4 is 40.7 Å². The van der Waals surface area contributed by atoms with E-state index in [1.807, 2.05) is 6.92 Å². The van der Waals surface area contributed by atoms with Gasteiger partial charge in [-0.25, -0.2) is 4.90 Å². The Hall–Kier alpha value is -3.81. The Labute approximate surface area is 211 Å². The molecular formula is C28H20ClNO6. The zero-order chi connectivity index (χ0) is 25.2. The second-order valence-electron chi connectivity index (χ2n) is 8.97. The molecule has 2 fully saturated rings. The number of amides is 2. The largest absolute Gasteiger partial charge is 0.494 e. The molecule has 0 saturated carbocycles. The second kappa shape index (κ2) is 8.11. The first kappa shape index (κ1) is 22.6. The summed E-state index contributed by atoms with van der Waals surface area (Å²) in [6.07, 6.45) is -0.987. The van der Waals surface area contributed by atoms with E-state index >= 15 is 0 Å². The number of halogens is 1. The SMILES string of the molecule is CCOc1ccc(N2C(=O)[C@@H]3[C@@H](C2=O)C2(O[C@H]3c3ccc(Cl)cc3)C(=O)c3ccccc3C2=O)cc1.